The quantitative estimate of drug-likeness (QED) is 0.413. The van der Waals surface area contributed by atoms with E-state index in [2.05, 4.69) is 0 Å². The second-order valence-electron chi connectivity index (χ2n) is 2.47. The molecular formula is C10H9ClO2. The van der Waals surface area contributed by atoms with Crippen molar-refractivity contribution in [3.05, 3.63) is 41.4 Å². The highest BCUT2D eigenvalue weighted by Crippen LogP contribution is 2.09. The van der Waals surface area contributed by atoms with E-state index >= 15 is 0 Å². The maximum Gasteiger partial charge on any atom is 0.337 e. The topological polar surface area (TPSA) is 26.3 Å². The van der Waals surface area contributed by atoms with E-state index in [4.69, 9.17) is 16.3 Å². The molecule has 1 rings (SSSR count). The number of hydrogen-bond donors (Lipinski definition) is 0. The van der Waals surface area contributed by atoms with E-state index in [1.165, 1.54) is 6.08 Å². The van der Waals surface area contributed by atoms with E-state index in [0.717, 1.165) is 0 Å². The first-order chi connectivity index (χ1) is 6.18. The third-order valence-corrected chi connectivity index (χ3v) is 1.39. The predicted molar refractivity (Wildman–Crippen MR) is 51.7 cm³/mol. The summed E-state index contributed by atoms with van der Waals surface area (Å²) in [6.07, 6.45) is 1.23. The van der Waals surface area contributed by atoms with Crippen molar-refractivity contribution in [1.29, 1.82) is 0 Å². The molecule has 0 aliphatic heterocycles. The average molecular weight is 197 g/mol. The minimum Gasteiger partial charge on any atom is -0.423 e. The summed E-state index contributed by atoms with van der Waals surface area (Å²) in [5, 5.41) is 0.404. The molecule has 0 unspecified atom stereocenters. The molecule has 0 radical (unpaired) electrons. The van der Waals surface area contributed by atoms with Crippen LogP contribution in [0.15, 0.2) is 41.4 Å². The molecule has 0 saturated heterocycles. The summed E-state index contributed by atoms with van der Waals surface area (Å²) in [5.41, 5.74) is 0. The van der Waals surface area contributed by atoms with Crippen LogP contribution in [0.25, 0.3) is 0 Å². The molecule has 1 aromatic rings. The molecule has 0 amide bonds. The monoisotopic (exact) mass is 196 g/mol. The van der Waals surface area contributed by atoms with Gasteiger partial charge in [-0.05, 0) is 19.1 Å². The number of carbonyl (C=O) groups is 1. The van der Waals surface area contributed by atoms with E-state index in [1.807, 2.05) is 6.07 Å². The third kappa shape index (κ3) is 3.76. The summed E-state index contributed by atoms with van der Waals surface area (Å²) in [4.78, 5) is 11.0. The van der Waals surface area contributed by atoms with Crippen LogP contribution in [0, 0.1) is 0 Å². The Hall–Kier alpha value is -1.28. The van der Waals surface area contributed by atoms with Crippen molar-refractivity contribution in [2.45, 2.75) is 6.92 Å². The Morgan fingerprint density at radius 1 is 1.38 bits per heavy atom. The molecule has 0 saturated carbocycles. The number of ether oxygens (including phenoxy) is 1. The minimum absolute atomic E-state index is 0.404. The van der Waals surface area contributed by atoms with Crippen LogP contribution in [0.5, 0.6) is 5.75 Å². The van der Waals surface area contributed by atoms with Gasteiger partial charge in [-0.3, -0.25) is 0 Å². The number of esters is 1. The predicted octanol–water partition coefficient (Wildman–Crippen LogP) is 2.73. The number of allylic oxidation sites excluding steroid dienone is 1. The van der Waals surface area contributed by atoms with Crippen LogP contribution in [0.2, 0.25) is 0 Å². The average Bonchev–Trinajstić information content (AvgIpc) is 2.04. The van der Waals surface area contributed by atoms with Crippen LogP contribution in [-0.4, -0.2) is 5.97 Å². The van der Waals surface area contributed by atoms with Gasteiger partial charge < -0.3 is 4.74 Å². The maximum atomic E-state index is 11.0. The molecule has 0 spiro atoms. The highest BCUT2D eigenvalue weighted by molar-refractivity contribution is 6.30. The van der Waals surface area contributed by atoms with Gasteiger partial charge in [0.25, 0.3) is 0 Å². The Morgan fingerprint density at radius 2 is 2.00 bits per heavy atom. The Morgan fingerprint density at radius 3 is 2.54 bits per heavy atom. The van der Waals surface area contributed by atoms with E-state index < -0.39 is 5.97 Å². The van der Waals surface area contributed by atoms with Gasteiger partial charge in [-0.15, -0.1) is 0 Å². The number of halogens is 1. The second kappa shape index (κ2) is 4.67. The van der Waals surface area contributed by atoms with Gasteiger partial charge in [0.05, 0.1) is 0 Å². The molecule has 0 fully saturated rings. The lowest BCUT2D eigenvalue weighted by Crippen LogP contribution is -2.03. The molecule has 68 valence electrons. The van der Waals surface area contributed by atoms with Gasteiger partial charge in [-0.1, -0.05) is 29.8 Å². The van der Waals surface area contributed by atoms with Crippen LogP contribution in [0.3, 0.4) is 0 Å². The molecule has 1 aromatic carbocycles. The lowest BCUT2D eigenvalue weighted by molar-refractivity contribution is -0.129. The molecule has 0 bridgehead atoms. The van der Waals surface area contributed by atoms with Crippen LogP contribution in [0.1, 0.15) is 6.92 Å². The van der Waals surface area contributed by atoms with E-state index in [9.17, 15) is 4.79 Å². The SMILES string of the molecule is CC(Cl)=CC(=O)Oc1ccccc1. The molecule has 0 aliphatic rings. The van der Waals surface area contributed by atoms with Crippen molar-refractivity contribution < 1.29 is 9.53 Å². The minimum atomic E-state index is -0.460. The van der Waals surface area contributed by atoms with Crippen molar-refractivity contribution in [2.24, 2.45) is 0 Å². The molecule has 0 atom stereocenters. The van der Waals surface area contributed by atoms with Gasteiger partial charge >= 0.3 is 5.97 Å². The van der Waals surface area contributed by atoms with Gasteiger partial charge in [-0.25, -0.2) is 4.79 Å². The summed E-state index contributed by atoms with van der Waals surface area (Å²) in [6, 6.07) is 8.84. The molecular weight excluding hydrogens is 188 g/mol. The van der Waals surface area contributed by atoms with Gasteiger partial charge in [0.2, 0.25) is 0 Å². The summed E-state index contributed by atoms with van der Waals surface area (Å²) in [7, 11) is 0. The Bertz CT molecular complexity index is 313. The van der Waals surface area contributed by atoms with Gasteiger partial charge in [-0.2, -0.15) is 0 Å². The first-order valence-electron chi connectivity index (χ1n) is 3.79. The summed E-state index contributed by atoms with van der Waals surface area (Å²) in [5.74, 6) is 0.0559. The van der Waals surface area contributed by atoms with Crippen molar-refractivity contribution in [3.8, 4) is 5.75 Å². The number of benzene rings is 1. The number of carbonyl (C=O) groups excluding carboxylic acids is 1. The lowest BCUT2D eigenvalue weighted by Gasteiger charge is -1.99. The van der Waals surface area contributed by atoms with Crippen LogP contribution < -0.4 is 4.74 Å². The zero-order valence-corrected chi connectivity index (χ0v) is 7.91. The van der Waals surface area contributed by atoms with Crippen molar-refractivity contribution >= 4 is 17.6 Å². The fourth-order valence-electron chi connectivity index (χ4n) is 0.797. The first kappa shape index (κ1) is 9.81. The molecule has 13 heavy (non-hydrogen) atoms. The third-order valence-electron chi connectivity index (χ3n) is 1.28. The van der Waals surface area contributed by atoms with Crippen LogP contribution in [-0.2, 0) is 4.79 Å². The molecule has 0 N–H and O–H groups in total. The normalized spacial score (nSPS) is 11.1. The largest absolute Gasteiger partial charge is 0.423 e. The zero-order chi connectivity index (χ0) is 9.68. The summed E-state index contributed by atoms with van der Waals surface area (Å²) >= 11 is 5.50. The summed E-state index contributed by atoms with van der Waals surface area (Å²) < 4.78 is 4.93. The standard InChI is InChI=1S/C10H9ClO2/c1-8(11)7-10(12)13-9-5-3-2-4-6-9/h2-7H,1H3. The summed E-state index contributed by atoms with van der Waals surface area (Å²) in [6.45, 7) is 1.62. The van der Waals surface area contributed by atoms with Gasteiger partial charge in [0, 0.05) is 11.1 Å². The molecule has 3 heteroatoms. The highest BCUT2D eigenvalue weighted by Gasteiger charge is 1.99. The second-order valence-corrected chi connectivity index (χ2v) is 3.06. The van der Waals surface area contributed by atoms with Gasteiger partial charge in [0.15, 0.2) is 0 Å². The van der Waals surface area contributed by atoms with Crippen LogP contribution >= 0.6 is 11.6 Å². The number of para-hydroxylation sites is 1. The number of hydrogen-bond acceptors (Lipinski definition) is 2. The Kier molecular flexibility index (Phi) is 3.53. The fourth-order valence-corrected chi connectivity index (χ4v) is 0.886. The van der Waals surface area contributed by atoms with E-state index in [0.29, 0.717) is 10.8 Å². The Balaban J connectivity index is 2.61. The molecule has 0 heterocycles. The smallest absolute Gasteiger partial charge is 0.337 e. The van der Waals surface area contributed by atoms with Crippen LogP contribution in [0.4, 0.5) is 0 Å². The van der Waals surface area contributed by atoms with Crippen molar-refractivity contribution in [2.75, 3.05) is 0 Å². The van der Waals surface area contributed by atoms with E-state index in [-0.39, 0.29) is 0 Å². The maximum absolute atomic E-state index is 11.0. The van der Waals surface area contributed by atoms with E-state index in [1.54, 1.807) is 31.2 Å². The molecule has 0 aliphatic carbocycles. The zero-order valence-electron chi connectivity index (χ0n) is 7.16. The van der Waals surface area contributed by atoms with Crippen molar-refractivity contribution in [1.82, 2.24) is 0 Å². The van der Waals surface area contributed by atoms with Gasteiger partial charge in [0.1, 0.15) is 5.75 Å². The lowest BCUT2D eigenvalue weighted by atomic mass is 10.3. The number of rotatable bonds is 2. The molecule has 0 aromatic heterocycles. The Labute approximate surface area is 81.8 Å². The molecule has 2 nitrogen and oxygen atoms in total. The first-order valence-corrected chi connectivity index (χ1v) is 4.17. The fraction of sp³-hybridized carbons (Fsp3) is 0.100. The highest BCUT2D eigenvalue weighted by atomic mass is 35.5. The van der Waals surface area contributed by atoms with Crippen molar-refractivity contribution in [3.63, 3.8) is 0 Å².